The van der Waals surface area contributed by atoms with Gasteiger partial charge in [0.2, 0.25) is 0 Å². The van der Waals surface area contributed by atoms with Crippen LogP contribution in [0.1, 0.15) is 28.7 Å². The van der Waals surface area contributed by atoms with Crippen LogP contribution in [0.2, 0.25) is 0 Å². The van der Waals surface area contributed by atoms with Gasteiger partial charge in [0, 0.05) is 17.2 Å². The van der Waals surface area contributed by atoms with Crippen LogP contribution in [-0.2, 0) is 35.5 Å². The lowest BCUT2D eigenvalue weighted by atomic mass is 9.94. The molecular formula is C28H30N4O7. The lowest BCUT2D eigenvalue weighted by Crippen LogP contribution is -2.48. The number of rotatable bonds is 13. The van der Waals surface area contributed by atoms with E-state index in [4.69, 9.17) is 18.5 Å². The first-order valence-electron chi connectivity index (χ1n) is 12.4. The summed E-state index contributed by atoms with van der Waals surface area (Å²) in [5.74, 6) is 0. The van der Waals surface area contributed by atoms with Crippen LogP contribution in [0, 0.1) is 0 Å². The summed E-state index contributed by atoms with van der Waals surface area (Å²) in [7, 11) is 0. The molecule has 11 nitrogen and oxygen atoms in total. The highest BCUT2D eigenvalue weighted by atomic mass is 16.6. The molecule has 0 fully saturated rings. The Balaban J connectivity index is 1.42. The Kier molecular flexibility index (Phi) is 10.1. The topological polar surface area (TPSA) is 149 Å². The van der Waals surface area contributed by atoms with Crippen LogP contribution in [0.3, 0.4) is 0 Å². The minimum absolute atomic E-state index is 0.00778. The fourth-order valence-electron chi connectivity index (χ4n) is 3.99. The van der Waals surface area contributed by atoms with Crippen LogP contribution in [0.15, 0.2) is 94.6 Å². The average Bonchev–Trinajstić information content (AvgIpc) is 3.66. The molecule has 204 valence electrons. The summed E-state index contributed by atoms with van der Waals surface area (Å²) in [4.78, 5) is 25.2. The first-order chi connectivity index (χ1) is 19.0. The summed E-state index contributed by atoms with van der Waals surface area (Å²) in [5, 5.41) is 24.1. The standard InChI is InChI=1S/C28H30N4O7/c33-26(25(12-21-9-5-2-6-10-21)32-28(35)37-17-23-15-30-39-19-23)13-24(11-20-7-3-1-4-8-20)31-27(34)36-16-22-14-29-38-18-22/h1-10,14-15,18-19,24-26,33H,11-13,16-17H2,(H,31,34)(H,32,35)/t24-,25-,26-/m0/s1. The number of nitrogens with zero attached hydrogens (tertiary/aromatic N) is 2. The van der Waals surface area contributed by atoms with Crippen LogP contribution in [-0.4, -0.2) is 45.8 Å². The van der Waals surface area contributed by atoms with Crippen LogP contribution in [0.4, 0.5) is 9.59 Å². The fourth-order valence-corrected chi connectivity index (χ4v) is 3.99. The van der Waals surface area contributed by atoms with Crippen LogP contribution in [0.25, 0.3) is 0 Å². The number of hydrogen-bond donors (Lipinski definition) is 3. The number of aliphatic hydroxyl groups excluding tert-OH is 1. The van der Waals surface area contributed by atoms with E-state index in [1.165, 1.54) is 24.9 Å². The molecule has 0 saturated heterocycles. The van der Waals surface area contributed by atoms with Crippen LogP contribution >= 0.6 is 0 Å². The van der Waals surface area contributed by atoms with Crippen molar-refractivity contribution in [1.82, 2.24) is 20.9 Å². The number of ether oxygens (including phenoxy) is 2. The van der Waals surface area contributed by atoms with E-state index in [0.717, 1.165) is 11.1 Å². The Bertz CT molecular complexity index is 1250. The van der Waals surface area contributed by atoms with Crippen molar-refractivity contribution in [3.63, 3.8) is 0 Å². The number of hydrogen-bond acceptors (Lipinski definition) is 9. The molecule has 0 saturated carbocycles. The SMILES string of the molecule is O=C(N[C@@H](Cc1ccccc1)C[C@H](O)[C@H](Cc1ccccc1)NC(=O)OCc1cnoc1)OCc1cnoc1. The maximum absolute atomic E-state index is 12.6. The third-order valence-electron chi connectivity index (χ3n) is 5.95. The van der Waals surface area contributed by atoms with Gasteiger partial charge in [-0.2, -0.15) is 0 Å². The zero-order valence-corrected chi connectivity index (χ0v) is 21.1. The van der Waals surface area contributed by atoms with Gasteiger partial charge < -0.3 is 34.3 Å². The summed E-state index contributed by atoms with van der Waals surface area (Å²) in [6.07, 6.45) is 4.23. The molecule has 0 spiro atoms. The van der Waals surface area contributed by atoms with Gasteiger partial charge in [-0.3, -0.25) is 0 Å². The van der Waals surface area contributed by atoms with Crippen molar-refractivity contribution in [2.75, 3.05) is 0 Å². The van der Waals surface area contributed by atoms with Crippen molar-refractivity contribution < 1.29 is 33.2 Å². The molecule has 11 heteroatoms. The van der Waals surface area contributed by atoms with E-state index in [-0.39, 0.29) is 19.6 Å². The quantitative estimate of drug-likeness (QED) is 0.233. The van der Waals surface area contributed by atoms with Gasteiger partial charge in [-0.05, 0) is 30.4 Å². The Morgan fingerprint density at radius 2 is 1.26 bits per heavy atom. The highest BCUT2D eigenvalue weighted by molar-refractivity contribution is 5.68. The van der Waals surface area contributed by atoms with E-state index < -0.39 is 30.4 Å². The summed E-state index contributed by atoms with van der Waals surface area (Å²) in [6.45, 7) is -0.0359. The molecule has 4 rings (SSSR count). The smallest absolute Gasteiger partial charge is 0.407 e. The third-order valence-corrected chi connectivity index (χ3v) is 5.95. The van der Waals surface area contributed by atoms with E-state index in [9.17, 15) is 14.7 Å². The predicted octanol–water partition coefficient (Wildman–Crippen LogP) is 3.79. The number of carbonyl (C=O) groups excluding carboxylic acids is 2. The fraction of sp³-hybridized carbons (Fsp3) is 0.286. The molecule has 4 aromatic rings. The highest BCUT2D eigenvalue weighted by Gasteiger charge is 2.27. The van der Waals surface area contributed by atoms with Gasteiger partial charge in [0.1, 0.15) is 25.7 Å². The van der Waals surface area contributed by atoms with Crippen molar-refractivity contribution >= 4 is 12.2 Å². The lowest BCUT2D eigenvalue weighted by Gasteiger charge is -2.28. The van der Waals surface area contributed by atoms with Gasteiger partial charge in [0.05, 0.1) is 24.5 Å². The zero-order chi connectivity index (χ0) is 27.3. The Hall–Kier alpha value is -4.64. The second-order valence-corrected chi connectivity index (χ2v) is 8.99. The highest BCUT2D eigenvalue weighted by Crippen LogP contribution is 2.15. The molecule has 2 amide bonds. The average molecular weight is 535 g/mol. The van der Waals surface area contributed by atoms with Gasteiger partial charge in [-0.1, -0.05) is 71.0 Å². The second kappa shape index (κ2) is 14.3. The number of aromatic nitrogens is 2. The largest absolute Gasteiger partial charge is 0.444 e. The maximum atomic E-state index is 12.6. The van der Waals surface area contributed by atoms with Crippen molar-refractivity contribution in [3.8, 4) is 0 Å². The van der Waals surface area contributed by atoms with E-state index in [2.05, 4.69) is 20.9 Å². The molecule has 0 radical (unpaired) electrons. The lowest BCUT2D eigenvalue weighted by molar-refractivity contribution is 0.0860. The second-order valence-electron chi connectivity index (χ2n) is 8.99. The van der Waals surface area contributed by atoms with Crippen molar-refractivity contribution in [1.29, 1.82) is 0 Å². The molecule has 3 atom stereocenters. The van der Waals surface area contributed by atoms with Gasteiger partial charge in [-0.15, -0.1) is 0 Å². The number of carbonyl (C=O) groups is 2. The van der Waals surface area contributed by atoms with E-state index in [1.54, 1.807) is 0 Å². The first kappa shape index (κ1) is 27.4. The van der Waals surface area contributed by atoms with Crippen molar-refractivity contribution in [3.05, 3.63) is 108 Å². The van der Waals surface area contributed by atoms with E-state index in [0.29, 0.717) is 24.0 Å². The Morgan fingerprint density at radius 1 is 0.744 bits per heavy atom. The minimum atomic E-state index is -1.03. The summed E-state index contributed by atoms with van der Waals surface area (Å²) in [5.41, 5.74) is 3.10. The summed E-state index contributed by atoms with van der Waals surface area (Å²) < 4.78 is 20.1. The van der Waals surface area contributed by atoms with Gasteiger partial charge in [-0.25, -0.2) is 9.59 Å². The van der Waals surface area contributed by atoms with E-state index in [1.807, 2.05) is 60.7 Å². The molecular weight excluding hydrogens is 504 g/mol. The molecule has 0 bridgehead atoms. The Morgan fingerprint density at radius 3 is 1.77 bits per heavy atom. The van der Waals surface area contributed by atoms with Gasteiger partial charge >= 0.3 is 12.2 Å². The third kappa shape index (κ3) is 9.31. The molecule has 0 unspecified atom stereocenters. The Labute approximate surface area is 225 Å². The molecule has 0 aliphatic rings. The van der Waals surface area contributed by atoms with E-state index >= 15 is 0 Å². The molecule has 3 N–H and O–H groups in total. The molecule has 2 aromatic heterocycles. The first-order valence-corrected chi connectivity index (χ1v) is 12.4. The number of nitrogens with one attached hydrogen (secondary N) is 2. The predicted molar refractivity (Wildman–Crippen MR) is 138 cm³/mol. The van der Waals surface area contributed by atoms with Crippen molar-refractivity contribution in [2.24, 2.45) is 0 Å². The van der Waals surface area contributed by atoms with Crippen molar-refractivity contribution in [2.45, 2.75) is 50.7 Å². The summed E-state index contributed by atoms with van der Waals surface area (Å²) in [6, 6.07) is 17.9. The van der Waals surface area contributed by atoms with Crippen LogP contribution in [0.5, 0.6) is 0 Å². The maximum Gasteiger partial charge on any atom is 0.407 e. The monoisotopic (exact) mass is 534 g/mol. The summed E-state index contributed by atoms with van der Waals surface area (Å²) >= 11 is 0. The van der Waals surface area contributed by atoms with Crippen LogP contribution < -0.4 is 10.6 Å². The number of benzene rings is 2. The van der Waals surface area contributed by atoms with Gasteiger partial charge in [0.15, 0.2) is 0 Å². The normalized spacial score (nSPS) is 13.2. The molecule has 0 aliphatic carbocycles. The number of alkyl carbamates (subject to hydrolysis) is 2. The number of aliphatic hydroxyl groups is 1. The molecule has 39 heavy (non-hydrogen) atoms. The molecule has 0 aliphatic heterocycles. The molecule has 2 aromatic carbocycles. The minimum Gasteiger partial charge on any atom is -0.444 e. The molecule has 2 heterocycles. The number of amides is 2. The zero-order valence-electron chi connectivity index (χ0n) is 21.1. The van der Waals surface area contributed by atoms with Gasteiger partial charge in [0.25, 0.3) is 0 Å².